The predicted molar refractivity (Wildman–Crippen MR) is 166 cm³/mol. The molecule has 1 saturated heterocycles. The third-order valence-electron chi connectivity index (χ3n) is 7.71. The molecule has 0 aliphatic carbocycles. The first-order valence-electron chi connectivity index (χ1n) is 15.0. The van der Waals surface area contributed by atoms with Gasteiger partial charge in [-0.25, -0.2) is 0 Å². The van der Waals surface area contributed by atoms with Crippen LogP contribution in [-0.2, 0) is 35.2 Å². The SMILES string of the molecule is CC(C)C(CC(=O)[C@H](CC(=O)O)NC(=O)[C@@H]1CCCN1C(=O)[C@@H](N)CCCN=C(N)N)C(=O)N[C@@H](Cc1ccccc1)C(N)=O. The summed E-state index contributed by atoms with van der Waals surface area (Å²) in [5.74, 6) is -5.88. The van der Waals surface area contributed by atoms with Crippen molar-refractivity contribution < 1.29 is 33.9 Å². The molecule has 0 saturated carbocycles. The first-order valence-corrected chi connectivity index (χ1v) is 15.0. The Morgan fingerprint density at radius 1 is 1.00 bits per heavy atom. The molecular weight excluding hydrogens is 584 g/mol. The molecule has 0 bridgehead atoms. The Hall–Kier alpha value is -4.53. The first-order chi connectivity index (χ1) is 21.2. The Kier molecular flexibility index (Phi) is 14.4. The Morgan fingerprint density at radius 3 is 2.24 bits per heavy atom. The minimum atomic E-state index is -1.45. The third-order valence-corrected chi connectivity index (χ3v) is 7.71. The van der Waals surface area contributed by atoms with Crippen LogP contribution in [0.1, 0.15) is 57.9 Å². The third kappa shape index (κ3) is 11.8. The van der Waals surface area contributed by atoms with E-state index in [4.69, 9.17) is 22.9 Å². The van der Waals surface area contributed by atoms with E-state index in [0.717, 1.165) is 5.56 Å². The fourth-order valence-electron chi connectivity index (χ4n) is 5.19. The van der Waals surface area contributed by atoms with Crippen molar-refractivity contribution >= 4 is 41.3 Å². The van der Waals surface area contributed by atoms with E-state index in [1.165, 1.54) is 4.90 Å². The minimum Gasteiger partial charge on any atom is -0.481 e. The molecule has 45 heavy (non-hydrogen) atoms. The number of aliphatic imine (C=N–C) groups is 1. The summed E-state index contributed by atoms with van der Waals surface area (Å²) in [6.07, 6.45) is 0.575. The number of aliphatic carboxylic acids is 1. The van der Waals surface area contributed by atoms with E-state index in [1.807, 2.05) is 6.07 Å². The second kappa shape index (κ2) is 17.7. The van der Waals surface area contributed by atoms with Crippen molar-refractivity contribution in [2.45, 2.75) is 83.0 Å². The lowest BCUT2D eigenvalue weighted by molar-refractivity contribution is -0.143. The number of carboxylic acids is 1. The van der Waals surface area contributed by atoms with Crippen molar-refractivity contribution in [2.24, 2.45) is 39.8 Å². The van der Waals surface area contributed by atoms with Crippen LogP contribution < -0.4 is 33.6 Å². The van der Waals surface area contributed by atoms with Crippen LogP contribution in [0.3, 0.4) is 0 Å². The maximum Gasteiger partial charge on any atom is 0.305 e. The van der Waals surface area contributed by atoms with Gasteiger partial charge in [0.15, 0.2) is 11.7 Å². The van der Waals surface area contributed by atoms with Crippen molar-refractivity contribution in [3.05, 3.63) is 35.9 Å². The number of carbonyl (C=O) groups is 6. The number of Topliss-reactive ketones (excluding diaryl/α,β-unsaturated/α-hetero) is 1. The number of nitrogens with two attached hydrogens (primary N) is 4. The van der Waals surface area contributed by atoms with E-state index in [0.29, 0.717) is 19.3 Å². The van der Waals surface area contributed by atoms with Gasteiger partial charge in [-0.15, -0.1) is 0 Å². The molecule has 5 atom stereocenters. The maximum absolute atomic E-state index is 13.4. The lowest BCUT2D eigenvalue weighted by Gasteiger charge is -2.29. The number of carbonyl (C=O) groups excluding carboxylic acids is 5. The van der Waals surface area contributed by atoms with E-state index < -0.39 is 78.3 Å². The van der Waals surface area contributed by atoms with Gasteiger partial charge in [0.05, 0.1) is 18.5 Å². The zero-order valence-electron chi connectivity index (χ0n) is 25.8. The predicted octanol–water partition coefficient (Wildman–Crippen LogP) is -1.24. The highest BCUT2D eigenvalue weighted by molar-refractivity contribution is 5.97. The van der Waals surface area contributed by atoms with Crippen molar-refractivity contribution in [1.29, 1.82) is 0 Å². The number of hydrogen-bond acceptors (Lipinski definition) is 8. The summed E-state index contributed by atoms with van der Waals surface area (Å²) < 4.78 is 0. The number of nitrogens with zero attached hydrogens (tertiary/aromatic N) is 2. The molecule has 15 heteroatoms. The first kappa shape index (κ1) is 36.7. The molecule has 1 aromatic carbocycles. The van der Waals surface area contributed by atoms with Crippen molar-refractivity contribution in [3.63, 3.8) is 0 Å². The van der Waals surface area contributed by atoms with Gasteiger partial charge in [-0.2, -0.15) is 0 Å². The van der Waals surface area contributed by atoms with E-state index in [2.05, 4.69) is 15.6 Å². The summed E-state index contributed by atoms with van der Waals surface area (Å²) >= 11 is 0. The Labute approximate surface area is 262 Å². The second-order valence-corrected chi connectivity index (χ2v) is 11.6. The van der Waals surface area contributed by atoms with Crippen molar-refractivity contribution in [3.8, 4) is 0 Å². The molecule has 1 aliphatic rings. The molecule has 1 fully saturated rings. The molecule has 1 unspecified atom stereocenters. The summed E-state index contributed by atoms with van der Waals surface area (Å²) in [6, 6.07) is 4.62. The number of amides is 4. The Bertz CT molecular complexity index is 1240. The van der Waals surface area contributed by atoms with Gasteiger partial charge in [0.2, 0.25) is 23.6 Å². The lowest BCUT2D eigenvalue weighted by Crippen LogP contribution is -2.54. The smallest absolute Gasteiger partial charge is 0.305 e. The second-order valence-electron chi connectivity index (χ2n) is 11.6. The highest BCUT2D eigenvalue weighted by Gasteiger charge is 2.38. The van der Waals surface area contributed by atoms with Crippen LogP contribution in [0.2, 0.25) is 0 Å². The van der Waals surface area contributed by atoms with E-state index >= 15 is 0 Å². The van der Waals surface area contributed by atoms with Crippen LogP contribution in [0, 0.1) is 11.8 Å². The molecule has 0 spiro atoms. The average Bonchev–Trinajstić information content (AvgIpc) is 3.47. The van der Waals surface area contributed by atoms with E-state index in [-0.39, 0.29) is 37.8 Å². The number of primary amides is 1. The molecule has 4 amide bonds. The molecule has 15 nitrogen and oxygen atoms in total. The van der Waals surface area contributed by atoms with Gasteiger partial charge in [-0.1, -0.05) is 44.2 Å². The van der Waals surface area contributed by atoms with Crippen LogP contribution in [-0.4, -0.2) is 88.6 Å². The molecule has 1 aliphatic heterocycles. The standard InChI is InChI=1S/C30H46N8O7/c1-17(2)19(27(43)37-22(26(32)42)14-18-8-4-3-5-9-18)15-24(39)21(16-25(40)41)36-28(44)23-11-7-13-38(23)29(45)20(31)10-6-12-35-30(33)34/h3-5,8-9,17,19-23H,6-7,10-16,31H2,1-2H3,(H2,32,42)(H,36,44)(H,37,43)(H,40,41)(H4,33,34,35)/t19?,20-,21-,22-,23-/m0/s1. The molecule has 11 N–H and O–H groups in total. The average molecular weight is 631 g/mol. The van der Waals surface area contributed by atoms with Gasteiger partial charge in [0.25, 0.3) is 0 Å². The lowest BCUT2D eigenvalue weighted by atomic mass is 9.87. The Balaban J connectivity index is 2.10. The van der Waals surface area contributed by atoms with Crippen LogP contribution in [0.5, 0.6) is 0 Å². The van der Waals surface area contributed by atoms with Gasteiger partial charge in [0, 0.05) is 31.8 Å². The molecule has 0 aromatic heterocycles. The molecule has 1 heterocycles. The number of nitrogens with one attached hydrogen (secondary N) is 2. The summed E-state index contributed by atoms with van der Waals surface area (Å²) in [4.78, 5) is 81.9. The van der Waals surface area contributed by atoms with Crippen molar-refractivity contribution in [1.82, 2.24) is 15.5 Å². The molecular formula is C30H46N8O7. The monoisotopic (exact) mass is 630 g/mol. The largest absolute Gasteiger partial charge is 0.481 e. The van der Waals surface area contributed by atoms with E-state index in [9.17, 15) is 33.9 Å². The molecule has 2 rings (SSSR count). The van der Waals surface area contributed by atoms with Gasteiger partial charge < -0.3 is 43.6 Å². The number of ketones is 1. The zero-order chi connectivity index (χ0) is 33.7. The number of likely N-dealkylation sites (tertiary alicyclic amines) is 1. The van der Waals surface area contributed by atoms with Crippen LogP contribution in [0.4, 0.5) is 0 Å². The summed E-state index contributed by atoms with van der Waals surface area (Å²) in [5, 5.41) is 14.6. The fraction of sp³-hybridized carbons (Fsp3) is 0.567. The molecule has 248 valence electrons. The Morgan fingerprint density at radius 2 is 1.67 bits per heavy atom. The van der Waals surface area contributed by atoms with Gasteiger partial charge in [-0.05, 0) is 37.2 Å². The highest BCUT2D eigenvalue weighted by atomic mass is 16.4. The minimum absolute atomic E-state index is 0.0742. The maximum atomic E-state index is 13.4. The topological polar surface area (TPSA) is 266 Å². The molecule has 0 radical (unpaired) electrons. The highest BCUT2D eigenvalue weighted by Crippen LogP contribution is 2.21. The van der Waals surface area contributed by atoms with Gasteiger partial charge >= 0.3 is 5.97 Å². The number of rotatable bonds is 18. The number of carboxylic acid groups (broad SMARTS) is 1. The normalized spacial score (nSPS) is 17.1. The van der Waals surface area contributed by atoms with Crippen LogP contribution in [0.25, 0.3) is 0 Å². The van der Waals surface area contributed by atoms with Crippen LogP contribution >= 0.6 is 0 Å². The number of benzene rings is 1. The van der Waals surface area contributed by atoms with Gasteiger partial charge in [0.1, 0.15) is 12.1 Å². The van der Waals surface area contributed by atoms with Gasteiger partial charge in [-0.3, -0.25) is 33.8 Å². The van der Waals surface area contributed by atoms with Crippen LogP contribution in [0.15, 0.2) is 35.3 Å². The summed E-state index contributed by atoms with van der Waals surface area (Å²) in [7, 11) is 0. The zero-order valence-corrected chi connectivity index (χ0v) is 25.8. The number of hydrogen-bond donors (Lipinski definition) is 7. The summed E-state index contributed by atoms with van der Waals surface area (Å²) in [6.45, 7) is 3.98. The summed E-state index contributed by atoms with van der Waals surface area (Å²) in [5.41, 5.74) is 23.0. The van der Waals surface area contributed by atoms with Crippen molar-refractivity contribution in [2.75, 3.05) is 13.1 Å². The fourth-order valence-corrected chi connectivity index (χ4v) is 5.19. The number of guanidine groups is 1. The molecule has 1 aromatic rings. The quantitative estimate of drug-likeness (QED) is 0.0576. The van der Waals surface area contributed by atoms with E-state index in [1.54, 1.807) is 38.1 Å².